The molecule has 0 aliphatic carbocycles. The molecule has 3 rings (SSSR count). The van der Waals surface area contributed by atoms with Crippen molar-refractivity contribution in [3.63, 3.8) is 0 Å². The van der Waals surface area contributed by atoms with Crippen molar-refractivity contribution in [2.45, 2.75) is 18.9 Å². The van der Waals surface area contributed by atoms with E-state index in [9.17, 15) is 14.0 Å². The van der Waals surface area contributed by atoms with Gasteiger partial charge in [-0.15, -0.1) is 0 Å². The molecule has 0 bridgehead atoms. The Morgan fingerprint density at radius 2 is 2.00 bits per heavy atom. The molecule has 0 spiro atoms. The summed E-state index contributed by atoms with van der Waals surface area (Å²) in [6, 6.07) is 6.02. The highest BCUT2D eigenvalue weighted by Crippen LogP contribution is 2.14. The average Bonchev–Trinajstić information content (AvgIpc) is 2.88. The average molecular weight is 365 g/mol. The maximum Gasteiger partial charge on any atom is 0.254 e. The van der Waals surface area contributed by atoms with Gasteiger partial charge in [-0.25, -0.2) is 4.39 Å². The number of benzene rings is 1. The van der Waals surface area contributed by atoms with Crippen molar-refractivity contribution in [1.29, 1.82) is 0 Å². The van der Waals surface area contributed by atoms with Gasteiger partial charge in [0.05, 0.1) is 0 Å². The molecule has 2 fully saturated rings. The second kappa shape index (κ2) is 8.67. The fourth-order valence-corrected chi connectivity index (χ4v) is 4.21. The third kappa shape index (κ3) is 4.95. The van der Waals surface area contributed by atoms with Crippen LogP contribution in [0.1, 0.15) is 23.2 Å². The van der Waals surface area contributed by atoms with Crippen LogP contribution in [0.3, 0.4) is 0 Å². The van der Waals surface area contributed by atoms with Gasteiger partial charge < -0.3 is 15.1 Å². The second-order valence-corrected chi connectivity index (χ2v) is 7.62. The first-order valence-electron chi connectivity index (χ1n) is 8.77. The number of carbonyl (C=O) groups excluding carboxylic acids is 2. The van der Waals surface area contributed by atoms with Crippen molar-refractivity contribution in [3.05, 3.63) is 35.6 Å². The van der Waals surface area contributed by atoms with Crippen molar-refractivity contribution in [2.24, 2.45) is 0 Å². The van der Waals surface area contributed by atoms with Crippen molar-refractivity contribution >= 4 is 23.6 Å². The lowest BCUT2D eigenvalue weighted by atomic mass is 10.2. The molecule has 1 aromatic carbocycles. The van der Waals surface area contributed by atoms with E-state index in [4.69, 9.17) is 0 Å². The van der Waals surface area contributed by atoms with Crippen LogP contribution in [0.5, 0.6) is 0 Å². The zero-order chi connectivity index (χ0) is 17.6. The highest BCUT2D eigenvalue weighted by Gasteiger charge is 2.25. The number of halogens is 1. The summed E-state index contributed by atoms with van der Waals surface area (Å²) >= 11 is 1.88. The molecule has 136 valence electrons. The maximum atomic E-state index is 13.3. The number of carbonyl (C=O) groups is 2. The Hall–Kier alpha value is -1.60. The smallest absolute Gasteiger partial charge is 0.254 e. The Bertz CT molecular complexity index is 622. The summed E-state index contributed by atoms with van der Waals surface area (Å²) in [7, 11) is 0. The summed E-state index contributed by atoms with van der Waals surface area (Å²) in [5.41, 5.74) is 0.364. The summed E-state index contributed by atoms with van der Waals surface area (Å²) in [4.78, 5) is 28.7. The molecule has 2 saturated heterocycles. The molecule has 2 amide bonds. The standard InChI is InChI=1S/C18H24FN3O2S/c19-15-4-1-3-14(11-15)18(24)22-7-2-6-21(8-9-22)17(23)12-16-13-25-10-5-20-16/h1,3-4,11,16,20H,2,5-10,12-13H2. The molecule has 0 aromatic heterocycles. The van der Waals surface area contributed by atoms with Gasteiger partial charge in [-0.05, 0) is 24.6 Å². The topological polar surface area (TPSA) is 52.7 Å². The fourth-order valence-electron chi connectivity index (χ4n) is 3.26. The van der Waals surface area contributed by atoms with E-state index >= 15 is 0 Å². The molecule has 1 atom stereocenters. The molecule has 0 saturated carbocycles. The Morgan fingerprint density at radius 3 is 2.76 bits per heavy atom. The Labute approximate surface area is 151 Å². The van der Waals surface area contributed by atoms with Crippen molar-refractivity contribution < 1.29 is 14.0 Å². The SMILES string of the molecule is O=C(CC1CSCCN1)N1CCCN(C(=O)c2cccc(F)c2)CC1. The van der Waals surface area contributed by atoms with Crippen LogP contribution in [0.25, 0.3) is 0 Å². The zero-order valence-electron chi connectivity index (χ0n) is 14.2. The molecule has 1 unspecified atom stereocenters. The normalized spacial score (nSPS) is 21.7. The molecular weight excluding hydrogens is 341 g/mol. The van der Waals surface area contributed by atoms with Gasteiger partial charge in [0.1, 0.15) is 5.82 Å². The van der Waals surface area contributed by atoms with Gasteiger partial charge >= 0.3 is 0 Å². The van der Waals surface area contributed by atoms with Crippen LogP contribution in [-0.4, -0.2) is 71.9 Å². The summed E-state index contributed by atoms with van der Waals surface area (Å²) in [5.74, 6) is 1.66. The van der Waals surface area contributed by atoms with Crippen molar-refractivity contribution in [2.75, 3.05) is 44.2 Å². The summed E-state index contributed by atoms with van der Waals surface area (Å²) in [6.45, 7) is 3.26. The highest BCUT2D eigenvalue weighted by atomic mass is 32.2. The lowest BCUT2D eigenvalue weighted by molar-refractivity contribution is -0.131. The lowest BCUT2D eigenvalue weighted by Gasteiger charge is -2.27. The van der Waals surface area contributed by atoms with E-state index in [1.807, 2.05) is 16.7 Å². The minimum absolute atomic E-state index is 0.153. The molecule has 25 heavy (non-hydrogen) atoms. The van der Waals surface area contributed by atoms with Crippen LogP contribution >= 0.6 is 11.8 Å². The van der Waals surface area contributed by atoms with E-state index < -0.39 is 5.82 Å². The molecule has 1 aromatic rings. The van der Waals surface area contributed by atoms with E-state index in [2.05, 4.69) is 5.32 Å². The zero-order valence-corrected chi connectivity index (χ0v) is 15.1. The van der Waals surface area contributed by atoms with E-state index in [0.29, 0.717) is 38.2 Å². The van der Waals surface area contributed by atoms with Gasteiger partial charge in [0, 0.05) is 62.3 Å². The van der Waals surface area contributed by atoms with Gasteiger partial charge in [0.25, 0.3) is 5.91 Å². The number of rotatable bonds is 3. The minimum Gasteiger partial charge on any atom is -0.341 e. The van der Waals surface area contributed by atoms with E-state index in [0.717, 1.165) is 24.5 Å². The number of hydrogen-bond donors (Lipinski definition) is 1. The van der Waals surface area contributed by atoms with Gasteiger partial charge in [-0.2, -0.15) is 11.8 Å². The first-order chi connectivity index (χ1) is 12.1. The molecule has 2 heterocycles. The van der Waals surface area contributed by atoms with Crippen LogP contribution < -0.4 is 5.32 Å². The van der Waals surface area contributed by atoms with Crippen molar-refractivity contribution in [3.8, 4) is 0 Å². The first kappa shape index (κ1) is 18.2. The van der Waals surface area contributed by atoms with Crippen LogP contribution in [0, 0.1) is 5.82 Å². The number of thioether (sulfide) groups is 1. The Kier molecular flexibility index (Phi) is 6.31. The molecule has 2 aliphatic heterocycles. The monoisotopic (exact) mass is 365 g/mol. The molecule has 2 aliphatic rings. The Morgan fingerprint density at radius 1 is 1.20 bits per heavy atom. The van der Waals surface area contributed by atoms with E-state index in [-0.39, 0.29) is 17.9 Å². The summed E-state index contributed by atoms with van der Waals surface area (Å²) in [5, 5.41) is 3.39. The van der Waals surface area contributed by atoms with Crippen LogP contribution in [-0.2, 0) is 4.79 Å². The van der Waals surface area contributed by atoms with Gasteiger partial charge in [0.15, 0.2) is 0 Å². The minimum atomic E-state index is -0.407. The summed E-state index contributed by atoms with van der Waals surface area (Å²) in [6.07, 6.45) is 1.27. The summed E-state index contributed by atoms with van der Waals surface area (Å²) < 4.78 is 13.3. The predicted molar refractivity (Wildman–Crippen MR) is 97.2 cm³/mol. The number of amides is 2. The van der Waals surface area contributed by atoms with Crippen LogP contribution in [0.2, 0.25) is 0 Å². The Balaban J connectivity index is 1.54. The molecule has 5 nitrogen and oxygen atoms in total. The van der Waals surface area contributed by atoms with Gasteiger partial charge in [0.2, 0.25) is 5.91 Å². The quantitative estimate of drug-likeness (QED) is 0.884. The van der Waals surface area contributed by atoms with Crippen LogP contribution in [0.15, 0.2) is 24.3 Å². The van der Waals surface area contributed by atoms with Crippen molar-refractivity contribution in [1.82, 2.24) is 15.1 Å². The molecule has 1 N–H and O–H groups in total. The first-order valence-corrected chi connectivity index (χ1v) is 9.93. The molecule has 7 heteroatoms. The molecular formula is C18H24FN3O2S. The molecule has 0 radical (unpaired) electrons. The number of nitrogens with zero attached hydrogens (tertiary/aromatic N) is 2. The third-order valence-corrected chi connectivity index (χ3v) is 5.76. The lowest BCUT2D eigenvalue weighted by Crippen LogP contribution is -2.43. The van der Waals surface area contributed by atoms with Gasteiger partial charge in [-0.1, -0.05) is 6.07 Å². The fraction of sp³-hybridized carbons (Fsp3) is 0.556. The second-order valence-electron chi connectivity index (χ2n) is 6.47. The van der Waals surface area contributed by atoms with Gasteiger partial charge in [-0.3, -0.25) is 9.59 Å². The predicted octanol–water partition coefficient (Wildman–Crippen LogP) is 1.60. The maximum absolute atomic E-state index is 13.3. The number of hydrogen-bond acceptors (Lipinski definition) is 4. The third-order valence-electron chi connectivity index (χ3n) is 4.63. The number of nitrogens with one attached hydrogen (secondary N) is 1. The van der Waals surface area contributed by atoms with E-state index in [1.54, 1.807) is 17.0 Å². The largest absolute Gasteiger partial charge is 0.341 e. The highest BCUT2D eigenvalue weighted by molar-refractivity contribution is 7.99. The van der Waals surface area contributed by atoms with Crippen LogP contribution in [0.4, 0.5) is 4.39 Å². The van der Waals surface area contributed by atoms with E-state index in [1.165, 1.54) is 12.1 Å².